The molecule has 37 heavy (non-hydrogen) atoms. The second-order valence-corrected chi connectivity index (χ2v) is 10.7. The fourth-order valence-electron chi connectivity index (χ4n) is 5.76. The summed E-state index contributed by atoms with van der Waals surface area (Å²) >= 11 is 6.16. The maximum Gasteiger partial charge on any atom is 0.330 e. The molecule has 3 aromatic rings. The summed E-state index contributed by atoms with van der Waals surface area (Å²) in [4.78, 5) is 42.7. The third-order valence-corrected chi connectivity index (χ3v) is 7.98. The van der Waals surface area contributed by atoms with Crippen molar-refractivity contribution in [2.75, 3.05) is 0 Å². The fraction of sp³-hybridized carbons (Fsp3) is 0.300. The molecule has 7 heteroatoms. The molecule has 190 valence electrons. The molecule has 0 spiro atoms. The summed E-state index contributed by atoms with van der Waals surface area (Å²) in [7, 11) is 0. The predicted molar refractivity (Wildman–Crippen MR) is 138 cm³/mol. The maximum atomic E-state index is 14.3. The van der Waals surface area contributed by atoms with Crippen LogP contribution in [0.3, 0.4) is 0 Å². The van der Waals surface area contributed by atoms with Crippen molar-refractivity contribution < 1.29 is 23.9 Å². The van der Waals surface area contributed by atoms with Crippen LogP contribution in [-0.4, -0.2) is 33.2 Å². The van der Waals surface area contributed by atoms with Crippen molar-refractivity contribution >= 4 is 29.3 Å². The summed E-state index contributed by atoms with van der Waals surface area (Å²) in [5.41, 5.74) is 0.678. The number of likely N-dealkylation sites (tertiary alicyclic amines) is 1. The second-order valence-electron chi connectivity index (χ2n) is 10.2. The number of hydrogen-bond acceptors (Lipinski definition) is 3. The Kier molecular flexibility index (Phi) is 6.40. The van der Waals surface area contributed by atoms with E-state index in [4.69, 9.17) is 11.6 Å². The highest BCUT2D eigenvalue weighted by Crippen LogP contribution is 2.58. The van der Waals surface area contributed by atoms with E-state index in [1.807, 2.05) is 13.0 Å². The van der Waals surface area contributed by atoms with Gasteiger partial charge in [0.05, 0.1) is 12.0 Å². The van der Waals surface area contributed by atoms with E-state index in [0.717, 1.165) is 5.56 Å². The molecule has 4 atom stereocenters. The van der Waals surface area contributed by atoms with Crippen LogP contribution < -0.4 is 0 Å². The van der Waals surface area contributed by atoms with Gasteiger partial charge in [-0.15, -0.1) is 0 Å². The number of hydrogen-bond donors (Lipinski definition) is 1. The first kappa shape index (κ1) is 25.2. The molecule has 5 rings (SSSR count). The molecule has 2 fully saturated rings. The average Bonchev–Trinajstić information content (AvgIpc) is 3.68. The van der Waals surface area contributed by atoms with Crippen LogP contribution in [0.4, 0.5) is 4.39 Å². The lowest BCUT2D eigenvalue weighted by molar-refractivity contribution is -0.158. The zero-order valence-corrected chi connectivity index (χ0v) is 21.3. The Morgan fingerprint density at radius 1 is 0.973 bits per heavy atom. The molecule has 1 heterocycles. The predicted octanol–water partition coefficient (Wildman–Crippen LogP) is 6.21. The Morgan fingerprint density at radius 3 is 2.16 bits per heavy atom. The van der Waals surface area contributed by atoms with Gasteiger partial charge in [0.2, 0.25) is 5.91 Å². The van der Waals surface area contributed by atoms with Gasteiger partial charge in [0.25, 0.3) is 0 Å². The SMILES string of the molecule is Cc1cccc(C(=O)C2C(c3ccc(Cl)cc3)N(C(=O)C3CC3)C(C)(C(=O)O)C2c2ccc(F)cc2)c1. The molecule has 1 N–H and O–H groups in total. The van der Waals surface area contributed by atoms with Crippen LogP contribution in [0.5, 0.6) is 0 Å². The van der Waals surface area contributed by atoms with Gasteiger partial charge in [-0.3, -0.25) is 9.59 Å². The molecule has 0 radical (unpaired) electrons. The lowest BCUT2D eigenvalue weighted by atomic mass is 9.71. The Labute approximate surface area is 219 Å². The van der Waals surface area contributed by atoms with Gasteiger partial charge in [-0.05, 0) is 68.1 Å². The van der Waals surface area contributed by atoms with Gasteiger partial charge < -0.3 is 10.0 Å². The fourth-order valence-corrected chi connectivity index (χ4v) is 5.89. The van der Waals surface area contributed by atoms with E-state index in [-0.39, 0.29) is 17.6 Å². The standard InChI is InChI=1S/C30H27ClFNO4/c1-17-4-3-5-21(16-17)27(34)24-25(18-10-14-23(32)15-11-18)30(2,29(36)37)33(28(35)20-6-7-20)26(24)19-8-12-22(31)13-9-19/h3-5,8-16,20,24-26H,6-7H2,1-2H3,(H,36,37). The number of nitrogens with zero attached hydrogens (tertiary/aromatic N) is 1. The number of halogens is 2. The van der Waals surface area contributed by atoms with E-state index in [9.17, 15) is 23.9 Å². The molecule has 0 bridgehead atoms. The number of carboxylic acid groups (broad SMARTS) is 1. The third-order valence-electron chi connectivity index (χ3n) is 7.73. The minimum atomic E-state index is -1.76. The molecule has 5 nitrogen and oxygen atoms in total. The maximum absolute atomic E-state index is 14.3. The van der Waals surface area contributed by atoms with Crippen LogP contribution in [0.25, 0.3) is 0 Å². The number of amides is 1. The van der Waals surface area contributed by atoms with Gasteiger partial charge in [-0.25, -0.2) is 9.18 Å². The number of aryl methyl sites for hydroxylation is 1. The van der Waals surface area contributed by atoms with E-state index in [2.05, 4.69) is 0 Å². The highest BCUT2D eigenvalue weighted by molar-refractivity contribution is 6.30. The molecule has 1 aliphatic carbocycles. The number of rotatable bonds is 6. The summed E-state index contributed by atoms with van der Waals surface area (Å²) in [6, 6.07) is 18.7. The second kappa shape index (κ2) is 9.42. The number of aliphatic carboxylic acids is 1. The summed E-state index contributed by atoms with van der Waals surface area (Å²) in [5.74, 6) is -4.38. The molecule has 0 aromatic heterocycles. The van der Waals surface area contributed by atoms with Crippen LogP contribution in [0.15, 0.2) is 72.8 Å². The minimum absolute atomic E-state index is 0.267. The Morgan fingerprint density at radius 2 is 1.59 bits per heavy atom. The average molecular weight is 520 g/mol. The molecule has 1 saturated carbocycles. The van der Waals surface area contributed by atoms with Gasteiger partial charge in [-0.1, -0.05) is 59.6 Å². The van der Waals surface area contributed by atoms with Crippen molar-refractivity contribution in [2.45, 2.75) is 44.2 Å². The Bertz CT molecular complexity index is 1370. The molecule has 1 amide bonds. The Hall–Kier alpha value is -3.51. The summed E-state index contributed by atoms with van der Waals surface area (Å²) in [6.07, 6.45) is 1.35. The highest BCUT2D eigenvalue weighted by Gasteiger charge is 2.65. The van der Waals surface area contributed by atoms with Crippen LogP contribution in [0, 0.1) is 24.6 Å². The molecule has 4 unspecified atom stereocenters. The van der Waals surface area contributed by atoms with E-state index >= 15 is 0 Å². The number of carbonyl (C=O) groups is 3. The van der Waals surface area contributed by atoms with E-state index < -0.39 is 35.2 Å². The van der Waals surface area contributed by atoms with Crippen LogP contribution in [0.2, 0.25) is 5.02 Å². The summed E-state index contributed by atoms with van der Waals surface area (Å²) in [5, 5.41) is 11.2. The summed E-state index contributed by atoms with van der Waals surface area (Å²) < 4.78 is 13.9. The summed E-state index contributed by atoms with van der Waals surface area (Å²) in [6.45, 7) is 3.39. The molecular formula is C30H27ClFNO4. The van der Waals surface area contributed by atoms with Gasteiger partial charge in [0, 0.05) is 22.4 Å². The van der Waals surface area contributed by atoms with Crippen LogP contribution in [0.1, 0.15) is 58.8 Å². The highest BCUT2D eigenvalue weighted by atomic mass is 35.5. The zero-order chi connectivity index (χ0) is 26.5. The van der Waals surface area contributed by atoms with Crippen LogP contribution in [-0.2, 0) is 9.59 Å². The lowest BCUT2D eigenvalue weighted by Crippen LogP contribution is -2.54. The molecule has 1 saturated heterocycles. The van der Waals surface area contributed by atoms with E-state index in [0.29, 0.717) is 34.6 Å². The van der Waals surface area contributed by atoms with Crippen molar-refractivity contribution in [3.05, 3.63) is 106 Å². The first-order valence-electron chi connectivity index (χ1n) is 12.3. The normalized spacial score (nSPS) is 25.2. The molecule has 2 aliphatic rings. The van der Waals surface area contributed by atoms with Crippen molar-refractivity contribution in [1.29, 1.82) is 0 Å². The van der Waals surface area contributed by atoms with Crippen molar-refractivity contribution in [3.63, 3.8) is 0 Å². The molecule has 1 aliphatic heterocycles. The first-order chi connectivity index (χ1) is 17.6. The smallest absolute Gasteiger partial charge is 0.330 e. The number of carbonyl (C=O) groups excluding carboxylic acids is 2. The third kappa shape index (κ3) is 4.33. The van der Waals surface area contributed by atoms with Gasteiger partial charge in [-0.2, -0.15) is 0 Å². The minimum Gasteiger partial charge on any atom is -0.479 e. The van der Waals surface area contributed by atoms with Gasteiger partial charge in [0.1, 0.15) is 11.4 Å². The number of ketones is 1. The zero-order valence-electron chi connectivity index (χ0n) is 20.5. The van der Waals surface area contributed by atoms with E-state index in [1.54, 1.807) is 42.5 Å². The number of carboxylic acids is 1. The largest absolute Gasteiger partial charge is 0.479 e. The van der Waals surface area contributed by atoms with E-state index in [1.165, 1.54) is 36.1 Å². The topological polar surface area (TPSA) is 74.7 Å². The molecular weight excluding hydrogens is 493 g/mol. The van der Waals surface area contributed by atoms with Crippen molar-refractivity contribution in [3.8, 4) is 0 Å². The van der Waals surface area contributed by atoms with Crippen molar-refractivity contribution in [1.82, 2.24) is 4.90 Å². The Balaban J connectivity index is 1.79. The number of benzene rings is 3. The quantitative estimate of drug-likeness (QED) is 0.393. The van der Waals surface area contributed by atoms with Gasteiger partial charge >= 0.3 is 5.97 Å². The molecule has 3 aromatic carbocycles. The van der Waals surface area contributed by atoms with Crippen molar-refractivity contribution in [2.24, 2.45) is 11.8 Å². The number of Topliss-reactive ketones (excluding diaryl/α,β-unsaturated/α-hetero) is 1. The first-order valence-corrected chi connectivity index (χ1v) is 12.7. The monoisotopic (exact) mass is 519 g/mol. The van der Waals surface area contributed by atoms with Crippen LogP contribution >= 0.6 is 11.6 Å². The lowest BCUT2D eigenvalue weighted by Gasteiger charge is -2.38. The van der Waals surface area contributed by atoms with Gasteiger partial charge in [0.15, 0.2) is 5.78 Å².